The Morgan fingerprint density at radius 3 is 2.07 bits per heavy atom. The third-order valence-corrected chi connectivity index (χ3v) is 3.88. The molecule has 1 rings (SSSR count). The van der Waals surface area contributed by atoms with Gasteiger partial charge in [0.15, 0.2) is 0 Å². The number of hydrogen-bond acceptors (Lipinski definition) is 7. The summed E-state index contributed by atoms with van der Waals surface area (Å²) in [5.41, 5.74) is 1.37. The van der Waals surface area contributed by atoms with Crippen molar-refractivity contribution < 1.29 is 33.4 Å². The number of benzene rings is 1. The minimum Gasteiger partial charge on any atom is -0.461 e. The third-order valence-electron chi connectivity index (χ3n) is 3.88. The highest BCUT2D eigenvalue weighted by Crippen LogP contribution is 2.11. The van der Waals surface area contributed by atoms with Crippen LogP contribution in [0.25, 0.3) is 0 Å². The lowest BCUT2D eigenvalue weighted by Crippen LogP contribution is -2.41. The van der Waals surface area contributed by atoms with E-state index in [1.807, 2.05) is 0 Å². The Kier molecular flexibility index (Phi) is 12.0. The molecule has 1 aromatic carbocycles. The number of ketones is 1. The summed E-state index contributed by atoms with van der Waals surface area (Å²) in [6.07, 6.45) is 0.497. The van der Waals surface area contributed by atoms with E-state index in [0.29, 0.717) is 31.9 Å². The SMILES string of the molecule is CC(=O)CCOCCOCCC(=O)NC(C)C(=O)Nc1ccc(COC(C)=O)cc1. The van der Waals surface area contributed by atoms with Gasteiger partial charge in [0.2, 0.25) is 11.8 Å². The van der Waals surface area contributed by atoms with Gasteiger partial charge in [-0.3, -0.25) is 19.2 Å². The minimum absolute atomic E-state index is 0.0713. The van der Waals surface area contributed by atoms with Gasteiger partial charge in [-0.05, 0) is 31.5 Å². The maximum atomic E-state index is 12.2. The molecular formula is C21H30N2O7. The molecule has 0 spiro atoms. The summed E-state index contributed by atoms with van der Waals surface area (Å²) in [4.78, 5) is 45.7. The number of rotatable bonds is 14. The van der Waals surface area contributed by atoms with E-state index in [0.717, 1.165) is 5.56 Å². The van der Waals surface area contributed by atoms with E-state index >= 15 is 0 Å². The molecule has 1 atom stereocenters. The molecule has 2 N–H and O–H groups in total. The molecule has 166 valence electrons. The van der Waals surface area contributed by atoms with Crippen LogP contribution in [0.5, 0.6) is 0 Å². The third kappa shape index (κ3) is 11.9. The fourth-order valence-corrected chi connectivity index (χ4v) is 2.20. The molecule has 9 heteroatoms. The molecular weight excluding hydrogens is 392 g/mol. The van der Waals surface area contributed by atoms with E-state index in [4.69, 9.17) is 14.2 Å². The number of hydrogen-bond donors (Lipinski definition) is 2. The van der Waals surface area contributed by atoms with Crippen molar-refractivity contribution in [1.82, 2.24) is 5.32 Å². The van der Waals surface area contributed by atoms with Gasteiger partial charge in [0, 0.05) is 25.5 Å². The Balaban J connectivity index is 2.21. The largest absolute Gasteiger partial charge is 0.461 e. The number of ether oxygens (including phenoxy) is 3. The molecule has 0 aliphatic carbocycles. The van der Waals surface area contributed by atoms with Crippen LogP contribution >= 0.6 is 0 Å². The van der Waals surface area contributed by atoms with Crippen LogP contribution in [-0.2, 0) is 40.0 Å². The molecule has 0 aromatic heterocycles. The topological polar surface area (TPSA) is 120 Å². The molecule has 0 radical (unpaired) electrons. The molecule has 9 nitrogen and oxygen atoms in total. The van der Waals surface area contributed by atoms with Crippen LogP contribution in [0.2, 0.25) is 0 Å². The number of carbonyl (C=O) groups excluding carboxylic acids is 4. The number of amides is 2. The second kappa shape index (κ2) is 14.2. The van der Waals surface area contributed by atoms with Crippen LogP contribution in [0, 0.1) is 0 Å². The zero-order valence-electron chi connectivity index (χ0n) is 17.7. The summed E-state index contributed by atoms with van der Waals surface area (Å²) in [6.45, 7) is 5.85. The molecule has 0 saturated carbocycles. The average Bonchev–Trinajstić information content (AvgIpc) is 2.69. The predicted molar refractivity (Wildman–Crippen MR) is 110 cm³/mol. The van der Waals surface area contributed by atoms with Crippen molar-refractivity contribution in [2.75, 3.05) is 31.7 Å². The zero-order chi connectivity index (χ0) is 22.4. The van der Waals surface area contributed by atoms with Gasteiger partial charge in [0.25, 0.3) is 0 Å². The standard InChI is InChI=1S/C21H30N2O7/c1-15(24)8-10-28-12-13-29-11-9-20(26)22-16(2)21(27)23-19-6-4-18(5-7-19)14-30-17(3)25/h4-7,16H,8-14H2,1-3H3,(H,22,26)(H,23,27). The van der Waals surface area contributed by atoms with Crippen LogP contribution in [0.15, 0.2) is 24.3 Å². The smallest absolute Gasteiger partial charge is 0.302 e. The van der Waals surface area contributed by atoms with E-state index in [9.17, 15) is 19.2 Å². The summed E-state index contributed by atoms with van der Waals surface area (Å²) < 4.78 is 15.4. The monoisotopic (exact) mass is 422 g/mol. The van der Waals surface area contributed by atoms with Gasteiger partial charge in [-0.15, -0.1) is 0 Å². The first-order valence-electron chi connectivity index (χ1n) is 9.75. The lowest BCUT2D eigenvalue weighted by molar-refractivity contribution is -0.142. The molecule has 0 bridgehead atoms. The van der Waals surface area contributed by atoms with E-state index in [2.05, 4.69) is 10.6 Å². The van der Waals surface area contributed by atoms with Gasteiger partial charge in [-0.2, -0.15) is 0 Å². The average molecular weight is 422 g/mol. The Morgan fingerprint density at radius 1 is 0.900 bits per heavy atom. The van der Waals surface area contributed by atoms with Crippen LogP contribution < -0.4 is 10.6 Å². The maximum absolute atomic E-state index is 12.2. The zero-order valence-corrected chi connectivity index (χ0v) is 17.7. The van der Waals surface area contributed by atoms with Gasteiger partial charge in [0.1, 0.15) is 18.4 Å². The van der Waals surface area contributed by atoms with Gasteiger partial charge >= 0.3 is 5.97 Å². The van der Waals surface area contributed by atoms with Crippen molar-refractivity contribution in [3.8, 4) is 0 Å². The van der Waals surface area contributed by atoms with Gasteiger partial charge in [-0.1, -0.05) is 12.1 Å². The van der Waals surface area contributed by atoms with Crippen LogP contribution in [0.4, 0.5) is 5.69 Å². The van der Waals surface area contributed by atoms with E-state index in [1.54, 1.807) is 31.2 Å². The van der Waals surface area contributed by atoms with E-state index in [1.165, 1.54) is 13.8 Å². The second-order valence-electron chi connectivity index (χ2n) is 6.68. The lowest BCUT2D eigenvalue weighted by atomic mass is 10.2. The highest BCUT2D eigenvalue weighted by Gasteiger charge is 2.15. The molecule has 0 aliphatic rings. The number of anilines is 1. The number of carbonyl (C=O) groups is 4. The highest BCUT2D eigenvalue weighted by atomic mass is 16.5. The Bertz CT molecular complexity index is 704. The summed E-state index contributed by atoms with van der Waals surface area (Å²) in [5, 5.41) is 5.32. The predicted octanol–water partition coefficient (Wildman–Crippen LogP) is 1.60. The first-order valence-corrected chi connectivity index (χ1v) is 9.75. The van der Waals surface area contributed by atoms with Crippen molar-refractivity contribution in [1.29, 1.82) is 0 Å². The molecule has 0 fully saturated rings. The van der Waals surface area contributed by atoms with Gasteiger partial charge in [-0.25, -0.2) is 0 Å². The molecule has 1 unspecified atom stereocenters. The summed E-state index contributed by atoms with van der Waals surface area (Å²) in [7, 11) is 0. The van der Waals surface area contributed by atoms with Crippen molar-refractivity contribution in [3.05, 3.63) is 29.8 Å². The van der Waals surface area contributed by atoms with Crippen LogP contribution in [0.3, 0.4) is 0 Å². The Hall–Kier alpha value is -2.78. The van der Waals surface area contributed by atoms with Crippen molar-refractivity contribution >= 4 is 29.3 Å². The maximum Gasteiger partial charge on any atom is 0.302 e. The summed E-state index contributed by atoms with van der Waals surface area (Å²) >= 11 is 0. The number of nitrogens with one attached hydrogen (secondary N) is 2. The minimum atomic E-state index is -0.715. The molecule has 30 heavy (non-hydrogen) atoms. The van der Waals surface area contributed by atoms with E-state index in [-0.39, 0.29) is 43.2 Å². The fourth-order valence-electron chi connectivity index (χ4n) is 2.20. The molecule has 2 amide bonds. The molecule has 1 aromatic rings. The first kappa shape index (κ1) is 25.3. The van der Waals surface area contributed by atoms with E-state index < -0.39 is 6.04 Å². The van der Waals surface area contributed by atoms with Crippen LogP contribution in [0.1, 0.15) is 39.2 Å². The molecule has 0 saturated heterocycles. The number of esters is 1. The van der Waals surface area contributed by atoms with Crippen molar-refractivity contribution in [3.63, 3.8) is 0 Å². The second-order valence-corrected chi connectivity index (χ2v) is 6.68. The summed E-state index contributed by atoms with van der Waals surface area (Å²) in [6, 6.07) is 6.15. The molecule has 0 heterocycles. The quantitative estimate of drug-likeness (QED) is 0.345. The van der Waals surface area contributed by atoms with Gasteiger partial charge < -0.3 is 24.8 Å². The first-order chi connectivity index (χ1) is 14.3. The highest BCUT2D eigenvalue weighted by molar-refractivity contribution is 5.96. The van der Waals surface area contributed by atoms with Crippen LogP contribution in [-0.4, -0.2) is 56.0 Å². The Morgan fingerprint density at radius 2 is 1.50 bits per heavy atom. The van der Waals surface area contributed by atoms with Crippen molar-refractivity contribution in [2.45, 2.75) is 46.3 Å². The van der Waals surface area contributed by atoms with Gasteiger partial charge in [0.05, 0.1) is 26.4 Å². The molecule has 0 aliphatic heterocycles. The fraction of sp³-hybridized carbons (Fsp3) is 0.524. The van der Waals surface area contributed by atoms with Crippen molar-refractivity contribution in [2.24, 2.45) is 0 Å². The normalized spacial score (nSPS) is 11.4. The lowest BCUT2D eigenvalue weighted by Gasteiger charge is -2.14. The Labute approximate surface area is 176 Å². The summed E-state index contributed by atoms with van der Waals surface area (Å²) in [5.74, 6) is -0.940. The number of Topliss-reactive ketones (excluding diaryl/α,β-unsaturated/α-hetero) is 1.